The Morgan fingerprint density at radius 1 is 1.21 bits per heavy atom. The Balaban J connectivity index is 0.00000180. The second-order valence-corrected chi connectivity index (χ2v) is 5.27. The van der Waals surface area contributed by atoms with Crippen molar-refractivity contribution < 1.29 is 4.79 Å². The van der Waals surface area contributed by atoms with Crippen molar-refractivity contribution >= 4 is 23.1 Å². The van der Waals surface area contributed by atoms with Crippen LogP contribution in [0.1, 0.15) is 31.1 Å². The molecule has 19 heavy (non-hydrogen) atoms. The summed E-state index contributed by atoms with van der Waals surface area (Å²) in [5, 5.41) is 0.553. The Labute approximate surface area is 121 Å². The molecule has 0 aliphatic carbocycles. The lowest BCUT2D eigenvalue weighted by Gasteiger charge is -2.23. The lowest BCUT2D eigenvalue weighted by molar-refractivity contribution is 0.101. The van der Waals surface area contributed by atoms with E-state index in [9.17, 15) is 4.79 Å². The number of anilines is 1. The topological polar surface area (TPSA) is 23.6 Å². The van der Waals surface area contributed by atoms with Crippen molar-refractivity contribution in [2.24, 2.45) is 0 Å². The average Bonchev–Trinajstić information content (AvgIpc) is 2.53. The van der Waals surface area contributed by atoms with E-state index in [1.165, 1.54) is 0 Å². The quantitative estimate of drug-likeness (QED) is 0.778. The van der Waals surface area contributed by atoms with Gasteiger partial charge in [-0.15, -0.1) is 0 Å². The van der Waals surface area contributed by atoms with Crippen LogP contribution in [0, 0.1) is 0 Å². The van der Waals surface area contributed by atoms with E-state index in [1.807, 2.05) is 18.2 Å². The number of Topliss-reactive ketones (excluding diaryl/α,β-unsaturated/α-hetero) is 1. The van der Waals surface area contributed by atoms with Crippen LogP contribution in [0.15, 0.2) is 18.2 Å². The van der Waals surface area contributed by atoms with Gasteiger partial charge in [0.15, 0.2) is 5.78 Å². The second kappa shape index (κ2) is 6.92. The maximum Gasteiger partial charge on any atom is 0.161 e. The van der Waals surface area contributed by atoms with E-state index in [2.05, 4.69) is 16.8 Å². The van der Waals surface area contributed by atoms with Gasteiger partial charge in [0.25, 0.3) is 0 Å². The molecule has 0 atom stereocenters. The molecule has 0 N–H and O–H groups in total. The molecule has 1 heterocycles. The van der Waals surface area contributed by atoms with Crippen molar-refractivity contribution in [3.8, 4) is 0 Å². The first-order valence-electron chi connectivity index (χ1n) is 6.32. The molecule has 0 unspecified atom stereocenters. The predicted octanol–water partition coefficient (Wildman–Crippen LogP) is 3.32. The van der Waals surface area contributed by atoms with Gasteiger partial charge in [0.05, 0.1) is 5.02 Å². The smallest absolute Gasteiger partial charge is 0.161 e. The van der Waals surface area contributed by atoms with Gasteiger partial charge in [0.2, 0.25) is 0 Å². The largest absolute Gasteiger partial charge is 0.370 e. The normalized spacial score (nSPS) is 16.7. The molecule has 1 aliphatic rings. The van der Waals surface area contributed by atoms with Crippen LogP contribution < -0.4 is 4.90 Å². The van der Waals surface area contributed by atoms with Crippen molar-refractivity contribution in [3.63, 3.8) is 0 Å². The molecule has 1 fully saturated rings. The van der Waals surface area contributed by atoms with Crippen molar-refractivity contribution in [3.05, 3.63) is 28.8 Å². The summed E-state index contributed by atoms with van der Waals surface area (Å²) >= 11 is 6.16. The summed E-state index contributed by atoms with van der Waals surface area (Å²) in [6, 6.07) is 5.73. The van der Waals surface area contributed by atoms with Crippen LogP contribution in [-0.4, -0.2) is 43.9 Å². The molecule has 0 spiro atoms. The number of nitrogens with zero attached hydrogens (tertiary/aromatic N) is 2. The molecular formula is C15H23ClN2O. The summed E-state index contributed by atoms with van der Waals surface area (Å²) in [7, 11) is 2.15. The molecule has 0 radical (unpaired) electrons. The molecule has 1 aromatic carbocycles. The van der Waals surface area contributed by atoms with Crippen LogP contribution in [-0.2, 0) is 0 Å². The zero-order valence-electron chi connectivity index (χ0n) is 10.9. The van der Waals surface area contributed by atoms with Gasteiger partial charge >= 0.3 is 0 Å². The molecule has 0 bridgehead atoms. The number of rotatable bonds is 2. The number of carbonyl (C=O) groups excluding carboxylic acids is 1. The number of halogens is 1. The van der Waals surface area contributed by atoms with E-state index in [0.717, 1.165) is 38.3 Å². The van der Waals surface area contributed by atoms with Gasteiger partial charge in [-0.05, 0) is 45.1 Å². The first-order valence-corrected chi connectivity index (χ1v) is 6.69. The third-order valence-corrected chi connectivity index (χ3v) is 3.73. The highest BCUT2D eigenvalue weighted by Crippen LogP contribution is 2.24. The van der Waals surface area contributed by atoms with Crippen LogP contribution in [0.3, 0.4) is 0 Å². The number of benzene rings is 1. The maximum absolute atomic E-state index is 11.3. The van der Waals surface area contributed by atoms with Crippen molar-refractivity contribution in [1.82, 2.24) is 4.90 Å². The highest BCUT2D eigenvalue weighted by atomic mass is 35.5. The summed E-state index contributed by atoms with van der Waals surface area (Å²) < 4.78 is 0. The fourth-order valence-corrected chi connectivity index (χ4v) is 2.60. The molecule has 0 saturated carbocycles. The van der Waals surface area contributed by atoms with Crippen LogP contribution >= 0.6 is 11.6 Å². The van der Waals surface area contributed by atoms with Gasteiger partial charge in [-0.1, -0.05) is 19.0 Å². The Morgan fingerprint density at radius 2 is 1.95 bits per heavy atom. The zero-order valence-corrected chi connectivity index (χ0v) is 11.7. The summed E-state index contributed by atoms with van der Waals surface area (Å²) in [4.78, 5) is 16.0. The third kappa shape index (κ3) is 3.95. The summed E-state index contributed by atoms with van der Waals surface area (Å²) in [6.07, 6.45) is 1.16. The minimum atomic E-state index is 0. The SMILES string of the molecule is C.CC(=O)c1ccc(N2CCCN(C)CC2)cc1Cl. The molecule has 1 saturated heterocycles. The number of hydrogen-bond acceptors (Lipinski definition) is 3. The Bertz CT molecular complexity index is 448. The molecular weight excluding hydrogens is 260 g/mol. The number of carbonyl (C=O) groups is 1. The zero-order chi connectivity index (χ0) is 13.1. The summed E-state index contributed by atoms with van der Waals surface area (Å²) in [5.41, 5.74) is 1.72. The Kier molecular flexibility index (Phi) is 5.83. The first-order chi connectivity index (χ1) is 8.58. The number of likely N-dealkylation sites (N-methyl/N-ethyl adjacent to an activating group) is 1. The molecule has 106 valence electrons. The van der Waals surface area contributed by atoms with Gasteiger partial charge in [0.1, 0.15) is 0 Å². The molecule has 2 rings (SSSR count). The maximum atomic E-state index is 11.3. The van der Waals surface area contributed by atoms with E-state index in [4.69, 9.17) is 11.6 Å². The first kappa shape index (κ1) is 16.0. The van der Waals surface area contributed by atoms with E-state index < -0.39 is 0 Å². The minimum Gasteiger partial charge on any atom is -0.370 e. The molecule has 0 amide bonds. The van der Waals surface area contributed by atoms with Crippen LogP contribution in [0.25, 0.3) is 0 Å². The van der Waals surface area contributed by atoms with E-state index in [-0.39, 0.29) is 13.2 Å². The second-order valence-electron chi connectivity index (χ2n) is 4.86. The van der Waals surface area contributed by atoms with Gasteiger partial charge < -0.3 is 9.80 Å². The van der Waals surface area contributed by atoms with Crippen LogP contribution in [0.5, 0.6) is 0 Å². The van der Waals surface area contributed by atoms with Crippen LogP contribution in [0.4, 0.5) is 5.69 Å². The fraction of sp³-hybridized carbons (Fsp3) is 0.533. The van der Waals surface area contributed by atoms with Crippen molar-refractivity contribution in [2.45, 2.75) is 20.8 Å². The van der Waals surface area contributed by atoms with Gasteiger partial charge in [-0.2, -0.15) is 0 Å². The standard InChI is InChI=1S/C14H19ClN2O.CH4/c1-11(18)13-5-4-12(10-14(13)15)17-7-3-6-16(2)8-9-17;/h4-5,10H,3,6-9H2,1-2H3;1H4. The van der Waals surface area contributed by atoms with Crippen LogP contribution in [0.2, 0.25) is 5.02 Å². The molecule has 4 heteroatoms. The van der Waals surface area contributed by atoms with Crippen molar-refractivity contribution in [1.29, 1.82) is 0 Å². The third-order valence-electron chi connectivity index (χ3n) is 3.42. The highest BCUT2D eigenvalue weighted by Gasteiger charge is 2.14. The molecule has 3 nitrogen and oxygen atoms in total. The van der Waals surface area contributed by atoms with Crippen molar-refractivity contribution in [2.75, 3.05) is 38.1 Å². The monoisotopic (exact) mass is 282 g/mol. The van der Waals surface area contributed by atoms with Gasteiger partial charge in [0, 0.05) is 30.9 Å². The summed E-state index contributed by atoms with van der Waals surface area (Å²) in [6.45, 7) is 5.79. The van der Waals surface area contributed by atoms with E-state index >= 15 is 0 Å². The van der Waals surface area contributed by atoms with Gasteiger partial charge in [-0.25, -0.2) is 0 Å². The van der Waals surface area contributed by atoms with Gasteiger partial charge in [-0.3, -0.25) is 4.79 Å². The minimum absolute atomic E-state index is 0. The van der Waals surface area contributed by atoms with E-state index in [1.54, 1.807) is 6.92 Å². The molecule has 1 aromatic rings. The fourth-order valence-electron chi connectivity index (χ4n) is 2.29. The molecule has 1 aliphatic heterocycles. The number of hydrogen-bond donors (Lipinski definition) is 0. The Hall–Kier alpha value is -1.06. The Morgan fingerprint density at radius 3 is 2.58 bits per heavy atom. The molecule has 0 aromatic heterocycles. The summed E-state index contributed by atoms with van der Waals surface area (Å²) in [5.74, 6) is 0.0159. The lowest BCUT2D eigenvalue weighted by Crippen LogP contribution is -2.28. The number of ketones is 1. The van der Waals surface area contributed by atoms with E-state index in [0.29, 0.717) is 10.6 Å². The average molecular weight is 283 g/mol. The highest BCUT2D eigenvalue weighted by molar-refractivity contribution is 6.34. The predicted molar refractivity (Wildman–Crippen MR) is 82.5 cm³/mol. The lowest BCUT2D eigenvalue weighted by atomic mass is 10.1.